The second-order valence-corrected chi connectivity index (χ2v) is 4.97. The van der Waals surface area contributed by atoms with Crippen molar-refractivity contribution in [1.29, 1.82) is 0 Å². The van der Waals surface area contributed by atoms with E-state index in [2.05, 4.69) is 5.32 Å². The fraction of sp³-hybridized carbons (Fsp3) is 0.118. The Morgan fingerprint density at radius 3 is 2.52 bits per heavy atom. The highest BCUT2D eigenvalue weighted by Crippen LogP contribution is 2.29. The number of methoxy groups -OCH3 is 1. The predicted octanol–water partition coefficient (Wildman–Crippen LogP) is 4.28. The highest BCUT2D eigenvalue weighted by atomic mass is 19.1. The number of carbonyl (C=O) groups is 1. The topological polar surface area (TPSA) is 51.5 Å². The van der Waals surface area contributed by atoms with Crippen molar-refractivity contribution in [3.63, 3.8) is 0 Å². The van der Waals surface area contributed by atoms with Crippen molar-refractivity contribution in [2.24, 2.45) is 0 Å². The lowest BCUT2D eigenvalue weighted by Crippen LogP contribution is -2.14. The van der Waals surface area contributed by atoms with Crippen molar-refractivity contribution in [2.45, 2.75) is 6.92 Å². The van der Waals surface area contributed by atoms with Gasteiger partial charge in [-0.05, 0) is 37.3 Å². The Labute approximate surface area is 130 Å². The largest absolute Gasteiger partial charge is 0.497 e. The Balaban J connectivity index is 2.00. The lowest BCUT2D eigenvalue weighted by atomic mass is 10.1. The van der Waals surface area contributed by atoms with Gasteiger partial charge in [0, 0.05) is 10.9 Å². The molecule has 0 saturated carbocycles. The second kappa shape index (κ2) is 5.72. The van der Waals surface area contributed by atoms with Crippen LogP contribution in [0, 0.1) is 18.6 Å². The van der Waals surface area contributed by atoms with Crippen molar-refractivity contribution in [2.75, 3.05) is 12.4 Å². The highest BCUT2D eigenvalue weighted by molar-refractivity contribution is 6.06. The molecule has 0 unspecified atom stereocenters. The molecule has 0 bridgehead atoms. The number of ether oxygens (including phenoxy) is 1. The number of para-hydroxylation sites is 1. The van der Waals surface area contributed by atoms with Crippen LogP contribution < -0.4 is 10.1 Å². The van der Waals surface area contributed by atoms with Crippen LogP contribution in [0.5, 0.6) is 5.75 Å². The van der Waals surface area contributed by atoms with Crippen molar-refractivity contribution in [3.05, 3.63) is 59.4 Å². The Morgan fingerprint density at radius 2 is 1.87 bits per heavy atom. The predicted molar refractivity (Wildman–Crippen MR) is 81.8 cm³/mol. The molecule has 1 heterocycles. The van der Waals surface area contributed by atoms with Gasteiger partial charge in [-0.25, -0.2) is 8.78 Å². The van der Waals surface area contributed by atoms with Gasteiger partial charge in [0.15, 0.2) is 5.76 Å². The van der Waals surface area contributed by atoms with Gasteiger partial charge in [-0.2, -0.15) is 0 Å². The lowest BCUT2D eigenvalue weighted by Gasteiger charge is -2.06. The van der Waals surface area contributed by atoms with E-state index in [9.17, 15) is 13.6 Å². The van der Waals surface area contributed by atoms with Gasteiger partial charge >= 0.3 is 0 Å². The van der Waals surface area contributed by atoms with Crippen LogP contribution in [0.4, 0.5) is 14.5 Å². The fourth-order valence-corrected chi connectivity index (χ4v) is 2.33. The summed E-state index contributed by atoms with van der Waals surface area (Å²) in [5, 5.41) is 2.91. The quantitative estimate of drug-likeness (QED) is 0.784. The molecule has 0 spiro atoms. The first-order chi connectivity index (χ1) is 11.0. The van der Waals surface area contributed by atoms with Crippen LogP contribution in [0.2, 0.25) is 0 Å². The summed E-state index contributed by atoms with van der Waals surface area (Å²) in [6, 6.07) is 8.45. The van der Waals surface area contributed by atoms with Gasteiger partial charge in [-0.3, -0.25) is 4.79 Å². The van der Waals surface area contributed by atoms with Crippen LogP contribution in [-0.4, -0.2) is 13.0 Å². The number of aryl methyl sites for hydroxylation is 1. The highest BCUT2D eigenvalue weighted by Gasteiger charge is 2.20. The molecule has 0 aliphatic carbocycles. The smallest absolute Gasteiger partial charge is 0.291 e. The van der Waals surface area contributed by atoms with Crippen molar-refractivity contribution < 1.29 is 22.7 Å². The lowest BCUT2D eigenvalue weighted by molar-refractivity contribution is 0.0997. The number of hydrogen-bond donors (Lipinski definition) is 1. The van der Waals surface area contributed by atoms with Gasteiger partial charge in [0.25, 0.3) is 5.91 Å². The van der Waals surface area contributed by atoms with Crippen molar-refractivity contribution in [1.82, 2.24) is 0 Å². The summed E-state index contributed by atoms with van der Waals surface area (Å²) in [7, 11) is 1.53. The zero-order valence-corrected chi connectivity index (χ0v) is 12.4. The number of rotatable bonds is 3. The van der Waals surface area contributed by atoms with Gasteiger partial charge < -0.3 is 14.5 Å². The molecule has 4 nitrogen and oxygen atoms in total. The van der Waals surface area contributed by atoms with E-state index in [0.717, 1.165) is 12.1 Å². The summed E-state index contributed by atoms with van der Waals surface area (Å²) >= 11 is 0. The van der Waals surface area contributed by atoms with Gasteiger partial charge in [0.05, 0.1) is 7.11 Å². The van der Waals surface area contributed by atoms with Crippen LogP contribution in [0.3, 0.4) is 0 Å². The minimum Gasteiger partial charge on any atom is -0.497 e. The van der Waals surface area contributed by atoms with Gasteiger partial charge in [-0.1, -0.05) is 6.07 Å². The minimum atomic E-state index is -0.853. The molecule has 6 heteroatoms. The van der Waals surface area contributed by atoms with Crippen molar-refractivity contribution in [3.8, 4) is 5.75 Å². The van der Waals surface area contributed by atoms with E-state index >= 15 is 0 Å². The number of carbonyl (C=O) groups excluding carboxylic acids is 1. The molecule has 118 valence electrons. The SMILES string of the molecule is COc1ccc2oc(C(=O)Nc3c(F)cccc3F)c(C)c2c1. The van der Waals surface area contributed by atoms with Crippen LogP contribution in [-0.2, 0) is 0 Å². The van der Waals surface area contributed by atoms with E-state index in [1.54, 1.807) is 25.1 Å². The van der Waals surface area contributed by atoms with Crippen LogP contribution in [0.25, 0.3) is 11.0 Å². The average Bonchev–Trinajstić information content (AvgIpc) is 2.87. The first-order valence-electron chi connectivity index (χ1n) is 6.83. The summed E-state index contributed by atoms with van der Waals surface area (Å²) in [6.07, 6.45) is 0. The van der Waals surface area contributed by atoms with E-state index in [0.29, 0.717) is 22.3 Å². The molecule has 3 aromatic rings. The number of furan rings is 1. The maximum absolute atomic E-state index is 13.6. The molecular formula is C17H13F2NO3. The van der Waals surface area contributed by atoms with Gasteiger partial charge in [0.1, 0.15) is 28.7 Å². The molecule has 3 rings (SSSR count). The molecule has 0 aliphatic heterocycles. The summed E-state index contributed by atoms with van der Waals surface area (Å²) in [5.41, 5.74) is 0.547. The first kappa shape index (κ1) is 15.0. The Bertz CT molecular complexity index is 882. The molecule has 0 fully saturated rings. The molecule has 0 aliphatic rings. The standard InChI is InChI=1S/C17H13F2NO3/c1-9-11-8-10(22-2)6-7-14(11)23-16(9)17(21)20-15-12(18)4-3-5-13(15)19/h3-8H,1-2H3,(H,20,21). The number of fused-ring (bicyclic) bond motifs is 1. The van der Waals surface area contributed by atoms with Crippen molar-refractivity contribution >= 4 is 22.6 Å². The molecule has 23 heavy (non-hydrogen) atoms. The summed E-state index contributed by atoms with van der Waals surface area (Å²) in [6.45, 7) is 1.69. The number of hydrogen-bond acceptors (Lipinski definition) is 3. The van der Waals surface area contributed by atoms with Gasteiger partial charge in [-0.15, -0.1) is 0 Å². The molecule has 0 saturated heterocycles. The first-order valence-corrected chi connectivity index (χ1v) is 6.83. The van der Waals surface area contributed by atoms with E-state index in [4.69, 9.17) is 9.15 Å². The van der Waals surface area contributed by atoms with E-state index in [1.165, 1.54) is 13.2 Å². The third-order valence-corrected chi connectivity index (χ3v) is 3.55. The summed E-state index contributed by atoms with van der Waals surface area (Å²) in [4.78, 5) is 12.3. The number of halogens is 2. The number of anilines is 1. The summed E-state index contributed by atoms with van der Waals surface area (Å²) in [5.74, 6) is -1.81. The third kappa shape index (κ3) is 2.63. The van der Waals surface area contributed by atoms with Crippen LogP contribution in [0.15, 0.2) is 40.8 Å². The normalized spacial score (nSPS) is 10.8. The maximum Gasteiger partial charge on any atom is 0.291 e. The molecule has 2 aromatic carbocycles. The van der Waals surface area contributed by atoms with Crippen LogP contribution in [0.1, 0.15) is 16.1 Å². The molecule has 1 amide bonds. The van der Waals surface area contributed by atoms with Gasteiger partial charge in [0.2, 0.25) is 0 Å². The summed E-state index contributed by atoms with van der Waals surface area (Å²) < 4.78 is 37.9. The number of nitrogens with one attached hydrogen (secondary N) is 1. The number of benzene rings is 2. The second-order valence-electron chi connectivity index (χ2n) is 4.97. The Kier molecular flexibility index (Phi) is 3.73. The Hall–Kier alpha value is -2.89. The third-order valence-electron chi connectivity index (χ3n) is 3.55. The average molecular weight is 317 g/mol. The number of amides is 1. The monoisotopic (exact) mass is 317 g/mol. The molecule has 1 aromatic heterocycles. The molecule has 0 radical (unpaired) electrons. The molecular weight excluding hydrogens is 304 g/mol. The zero-order valence-electron chi connectivity index (χ0n) is 12.4. The maximum atomic E-state index is 13.6. The molecule has 1 N–H and O–H groups in total. The zero-order chi connectivity index (χ0) is 16.6. The van der Waals surface area contributed by atoms with Crippen LogP contribution >= 0.6 is 0 Å². The van der Waals surface area contributed by atoms with E-state index < -0.39 is 23.2 Å². The van der Waals surface area contributed by atoms with E-state index in [1.807, 2.05) is 0 Å². The minimum absolute atomic E-state index is 0.00379. The van der Waals surface area contributed by atoms with E-state index in [-0.39, 0.29) is 5.76 Å². The molecule has 0 atom stereocenters. The fourth-order valence-electron chi connectivity index (χ4n) is 2.33. The Morgan fingerprint density at radius 1 is 1.17 bits per heavy atom.